The Labute approximate surface area is 109 Å². The first-order valence-electron chi connectivity index (χ1n) is 5.61. The van der Waals surface area contributed by atoms with Gasteiger partial charge in [0.25, 0.3) is 0 Å². The highest BCUT2D eigenvalue weighted by Crippen LogP contribution is 2.35. The van der Waals surface area contributed by atoms with Crippen LogP contribution in [0.15, 0.2) is 30.3 Å². The Hall–Kier alpha value is -1.88. The van der Waals surface area contributed by atoms with Gasteiger partial charge < -0.3 is 0 Å². The van der Waals surface area contributed by atoms with Crippen LogP contribution >= 0.6 is 11.6 Å². The predicted octanol–water partition coefficient (Wildman–Crippen LogP) is 3.52. The highest BCUT2D eigenvalue weighted by molar-refractivity contribution is 6.32. The first-order chi connectivity index (χ1) is 8.65. The van der Waals surface area contributed by atoms with Gasteiger partial charge in [-0.1, -0.05) is 48.9 Å². The van der Waals surface area contributed by atoms with Crippen molar-refractivity contribution in [1.82, 2.24) is 9.78 Å². The standard InChI is InChI=1S/C12H12ClN3O2/c1-2-8-15-12(13)11(16(17)18)10(14-15)9-6-4-3-5-7-9/h3-7H,2,8H2,1H3. The number of rotatable bonds is 4. The molecule has 6 heteroatoms. The van der Waals surface area contributed by atoms with Crippen molar-refractivity contribution in [3.8, 4) is 11.3 Å². The zero-order valence-corrected chi connectivity index (χ0v) is 10.6. The number of benzene rings is 1. The van der Waals surface area contributed by atoms with Crippen molar-refractivity contribution in [1.29, 1.82) is 0 Å². The van der Waals surface area contributed by atoms with Crippen molar-refractivity contribution >= 4 is 17.3 Å². The third-order valence-electron chi connectivity index (χ3n) is 2.53. The molecule has 0 aliphatic heterocycles. The average Bonchev–Trinajstić information content (AvgIpc) is 2.69. The largest absolute Gasteiger partial charge is 0.333 e. The number of nitro groups is 1. The Kier molecular flexibility index (Phi) is 3.62. The van der Waals surface area contributed by atoms with Crippen LogP contribution in [0.3, 0.4) is 0 Å². The third kappa shape index (κ3) is 2.22. The molecule has 1 heterocycles. The summed E-state index contributed by atoms with van der Waals surface area (Å²) in [7, 11) is 0. The average molecular weight is 266 g/mol. The Morgan fingerprint density at radius 2 is 2.06 bits per heavy atom. The molecule has 0 N–H and O–H groups in total. The Balaban J connectivity index is 2.59. The van der Waals surface area contributed by atoms with Crippen molar-refractivity contribution in [2.45, 2.75) is 19.9 Å². The number of hydrogen-bond acceptors (Lipinski definition) is 3. The number of hydrogen-bond donors (Lipinski definition) is 0. The van der Waals surface area contributed by atoms with E-state index in [-0.39, 0.29) is 10.8 Å². The molecule has 0 unspecified atom stereocenters. The second-order valence-electron chi connectivity index (χ2n) is 3.83. The Morgan fingerprint density at radius 3 is 2.61 bits per heavy atom. The molecule has 94 valence electrons. The first-order valence-corrected chi connectivity index (χ1v) is 5.99. The van der Waals surface area contributed by atoms with Crippen molar-refractivity contribution < 1.29 is 4.92 Å². The van der Waals surface area contributed by atoms with E-state index >= 15 is 0 Å². The van der Waals surface area contributed by atoms with E-state index in [4.69, 9.17) is 11.6 Å². The summed E-state index contributed by atoms with van der Waals surface area (Å²) in [5.41, 5.74) is 0.885. The summed E-state index contributed by atoms with van der Waals surface area (Å²) in [6.07, 6.45) is 0.812. The van der Waals surface area contributed by atoms with Crippen molar-refractivity contribution in [2.75, 3.05) is 0 Å². The summed E-state index contributed by atoms with van der Waals surface area (Å²) in [6.45, 7) is 2.53. The SMILES string of the molecule is CCCn1nc(-c2ccccc2)c([N+](=O)[O-])c1Cl. The fourth-order valence-corrected chi connectivity index (χ4v) is 2.02. The maximum absolute atomic E-state index is 11.1. The molecule has 0 saturated carbocycles. The molecule has 0 saturated heterocycles. The minimum atomic E-state index is -0.482. The van der Waals surface area contributed by atoms with E-state index in [1.165, 1.54) is 4.68 Å². The Morgan fingerprint density at radius 1 is 1.39 bits per heavy atom. The van der Waals surface area contributed by atoms with Crippen LogP contribution in [0.25, 0.3) is 11.3 Å². The number of halogens is 1. The Bertz CT molecular complexity index is 566. The molecular weight excluding hydrogens is 254 g/mol. The van der Waals surface area contributed by atoms with E-state index in [9.17, 15) is 10.1 Å². The molecule has 0 bridgehead atoms. The molecule has 0 aliphatic rings. The quantitative estimate of drug-likeness (QED) is 0.628. The van der Waals surface area contributed by atoms with E-state index < -0.39 is 4.92 Å². The van der Waals surface area contributed by atoms with Gasteiger partial charge in [0.15, 0.2) is 5.69 Å². The molecule has 1 aromatic heterocycles. The molecule has 0 aliphatic carbocycles. The van der Waals surface area contributed by atoms with Crippen LogP contribution < -0.4 is 0 Å². The van der Waals surface area contributed by atoms with Crippen molar-refractivity contribution in [3.05, 3.63) is 45.6 Å². The molecule has 5 nitrogen and oxygen atoms in total. The van der Waals surface area contributed by atoms with E-state index in [1.807, 2.05) is 25.1 Å². The van der Waals surface area contributed by atoms with Gasteiger partial charge in [0.2, 0.25) is 5.15 Å². The fraction of sp³-hybridized carbons (Fsp3) is 0.250. The summed E-state index contributed by atoms with van der Waals surface area (Å²) in [4.78, 5) is 10.6. The van der Waals surface area contributed by atoms with Crippen LogP contribution in [0.2, 0.25) is 5.15 Å². The van der Waals surface area contributed by atoms with Gasteiger partial charge in [0, 0.05) is 12.1 Å². The van der Waals surface area contributed by atoms with Gasteiger partial charge in [0.1, 0.15) is 0 Å². The lowest BCUT2D eigenvalue weighted by atomic mass is 10.1. The predicted molar refractivity (Wildman–Crippen MR) is 69.6 cm³/mol. The van der Waals surface area contributed by atoms with Crippen LogP contribution in [0.1, 0.15) is 13.3 Å². The molecular formula is C12H12ClN3O2. The van der Waals surface area contributed by atoms with Gasteiger partial charge in [-0.25, -0.2) is 4.68 Å². The zero-order valence-electron chi connectivity index (χ0n) is 9.84. The zero-order chi connectivity index (χ0) is 13.1. The molecule has 2 aromatic rings. The topological polar surface area (TPSA) is 61.0 Å². The molecule has 1 aromatic carbocycles. The lowest BCUT2D eigenvalue weighted by Gasteiger charge is -1.97. The van der Waals surface area contributed by atoms with Crippen LogP contribution in [0.4, 0.5) is 5.69 Å². The van der Waals surface area contributed by atoms with Crippen LogP contribution in [0, 0.1) is 10.1 Å². The number of aromatic nitrogens is 2. The summed E-state index contributed by atoms with van der Waals surface area (Å²) in [6, 6.07) is 9.03. The van der Waals surface area contributed by atoms with Gasteiger partial charge in [-0.2, -0.15) is 5.10 Å². The molecule has 0 fully saturated rings. The summed E-state index contributed by atoms with van der Waals surface area (Å²) >= 11 is 6.01. The molecule has 0 amide bonds. The smallest absolute Gasteiger partial charge is 0.258 e. The minimum absolute atomic E-state index is 0.0840. The minimum Gasteiger partial charge on any atom is -0.258 e. The molecule has 18 heavy (non-hydrogen) atoms. The van der Waals surface area contributed by atoms with Gasteiger partial charge in [-0.3, -0.25) is 10.1 Å². The maximum Gasteiger partial charge on any atom is 0.333 e. The molecule has 2 rings (SSSR count). The fourth-order valence-electron chi connectivity index (χ4n) is 1.74. The van der Waals surface area contributed by atoms with E-state index in [0.717, 1.165) is 6.42 Å². The lowest BCUT2D eigenvalue weighted by Crippen LogP contribution is -1.99. The lowest BCUT2D eigenvalue weighted by molar-refractivity contribution is -0.384. The van der Waals surface area contributed by atoms with E-state index in [2.05, 4.69) is 5.10 Å². The van der Waals surface area contributed by atoms with Crippen LogP contribution in [-0.4, -0.2) is 14.7 Å². The van der Waals surface area contributed by atoms with Crippen LogP contribution in [0.5, 0.6) is 0 Å². The van der Waals surface area contributed by atoms with Crippen LogP contribution in [-0.2, 0) is 6.54 Å². The van der Waals surface area contributed by atoms with Gasteiger partial charge in [-0.05, 0) is 6.42 Å². The highest BCUT2D eigenvalue weighted by atomic mass is 35.5. The summed E-state index contributed by atoms with van der Waals surface area (Å²) < 4.78 is 1.47. The van der Waals surface area contributed by atoms with Gasteiger partial charge in [0.05, 0.1) is 4.92 Å². The van der Waals surface area contributed by atoms with E-state index in [0.29, 0.717) is 17.8 Å². The maximum atomic E-state index is 11.1. The monoisotopic (exact) mass is 265 g/mol. The van der Waals surface area contributed by atoms with Gasteiger partial charge >= 0.3 is 5.69 Å². The summed E-state index contributed by atoms with van der Waals surface area (Å²) in [5, 5.41) is 15.4. The highest BCUT2D eigenvalue weighted by Gasteiger charge is 2.27. The number of nitrogens with zero attached hydrogens (tertiary/aromatic N) is 3. The number of aryl methyl sites for hydroxylation is 1. The second kappa shape index (κ2) is 5.18. The van der Waals surface area contributed by atoms with E-state index in [1.54, 1.807) is 12.1 Å². The first kappa shape index (κ1) is 12.6. The molecule has 0 atom stereocenters. The van der Waals surface area contributed by atoms with Crippen molar-refractivity contribution in [3.63, 3.8) is 0 Å². The van der Waals surface area contributed by atoms with Gasteiger partial charge in [-0.15, -0.1) is 0 Å². The molecule has 0 radical (unpaired) electrons. The van der Waals surface area contributed by atoms with Crippen molar-refractivity contribution in [2.24, 2.45) is 0 Å². The molecule has 0 spiro atoms. The third-order valence-corrected chi connectivity index (χ3v) is 2.91. The second-order valence-corrected chi connectivity index (χ2v) is 4.19. The normalized spacial score (nSPS) is 10.6. The summed E-state index contributed by atoms with van der Waals surface area (Å²) in [5.74, 6) is 0.